The number of aliphatic carboxylic acids is 1. The average molecular weight is 464 g/mol. The molecule has 0 spiro atoms. The minimum absolute atomic E-state index is 0.267. The number of benzene rings is 2. The van der Waals surface area contributed by atoms with Crippen LogP contribution in [-0.4, -0.2) is 54.6 Å². The van der Waals surface area contributed by atoms with E-state index < -0.39 is 39.5 Å². The molecule has 0 aliphatic carbocycles. The zero-order valence-corrected chi connectivity index (χ0v) is 18.0. The molecule has 176 valence electrons. The summed E-state index contributed by atoms with van der Waals surface area (Å²) in [6.07, 6.45) is 0. The standard InChI is InChI=1S/C19H20N4O10/c1-10(19-16(31-3)5-11(30-2)6-17(19)32-4)20-21-12-7-15(33-9-18(24)25)14(23(28)29)8-13(12)22(26)27/h5-8,21H,9H2,1-4H3,(H,24,25)/b20-10-. The maximum absolute atomic E-state index is 11.5. The number of hydrogen-bond acceptors (Lipinski definition) is 11. The normalized spacial score (nSPS) is 10.8. The van der Waals surface area contributed by atoms with Gasteiger partial charge < -0.3 is 24.1 Å². The molecule has 2 aromatic carbocycles. The summed E-state index contributed by atoms with van der Waals surface area (Å²) in [5.74, 6) is -0.719. The van der Waals surface area contributed by atoms with Gasteiger partial charge in [0.25, 0.3) is 0 Å². The third-order valence-electron chi connectivity index (χ3n) is 4.24. The van der Waals surface area contributed by atoms with Gasteiger partial charge in [-0.1, -0.05) is 0 Å². The van der Waals surface area contributed by atoms with E-state index in [1.165, 1.54) is 21.3 Å². The summed E-state index contributed by atoms with van der Waals surface area (Å²) in [7, 11) is 4.31. The Morgan fingerprint density at radius 2 is 1.55 bits per heavy atom. The number of ether oxygens (including phenoxy) is 4. The lowest BCUT2D eigenvalue weighted by Crippen LogP contribution is -2.11. The molecule has 0 heterocycles. The first-order chi connectivity index (χ1) is 15.6. The van der Waals surface area contributed by atoms with E-state index in [4.69, 9.17) is 24.1 Å². The molecule has 14 heteroatoms. The van der Waals surface area contributed by atoms with Gasteiger partial charge in [-0.25, -0.2) is 4.79 Å². The van der Waals surface area contributed by atoms with Gasteiger partial charge in [-0.3, -0.25) is 25.7 Å². The van der Waals surface area contributed by atoms with Crippen molar-refractivity contribution in [1.29, 1.82) is 0 Å². The Balaban J connectivity index is 2.55. The minimum Gasteiger partial charge on any atom is -0.496 e. The van der Waals surface area contributed by atoms with Gasteiger partial charge in [0.05, 0.1) is 42.5 Å². The van der Waals surface area contributed by atoms with Crippen molar-refractivity contribution >= 4 is 28.7 Å². The molecular weight excluding hydrogens is 444 g/mol. The van der Waals surface area contributed by atoms with Crippen molar-refractivity contribution in [3.05, 3.63) is 50.1 Å². The van der Waals surface area contributed by atoms with Crippen molar-refractivity contribution in [1.82, 2.24) is 0 Å². The molecule has 0 aliphatic rings. The molecule has 14 nitrogen and oxygen atoms in total. The Hall–Kier alpha value is -4.62. The summed E-state index contributed by atoms with van der Waals surface area (Å²) in [5.41, 5.74) is 1.46. The monoisotopic (exact) mass is 464 g/mol. The van der Waals surface area contributed by atoms with Crippen molar-refractivity contribution in [2.75, 3.05) is 33.4 Å². The molecule has 0 saturated carbocycles. The smallest absolute Gasteiger partial charge is 0.341 e. The quantitative estimate of drug-likeness (QED) is 0.283. The number of anilines is 1. The zero-order chi connectivity index (χ0) is 24.7. The van der Waals surface area contributed by atoms with Crippen molar-refractivity contribution in [3.63, 3.8) is 0 Å². The lowest BCUT2D eigenvalue weighted by molar-refractivity contribution is -0.394. The summed E-state index contributed by atoms with van der Waals surface area (Å²) in [4.78, 5) is 31.7. The van der Waals surface area contributed by atoms with E-state index in [-0.39, 0.29) is 11.4 Å². The molecule has 2 N–H and O–H groups in total. The number of carbonyl (C=O) groups is 1. The van der Waals surface area contributed by atoms with Crippen molar-refractivity contribution < 1.29 is 38.7 Å². The third kappa shape index (κ3) is 5.75. The highest BCUT2D eigenvalue weighted by molar-refractivity contribution is 6.04. The first kappa shape index (κ1) is 24.6. The van der Waals surface area contributed by atoms with Crippen LogP contribution in [0.3, 0.4) is 0 Å². The summed E-state index contributed by atoms with van der Waals surface area (Å²) < 4.78 is 20.8. The van der Waals surface area contributed by atoms with Gasteiger partial charge in [0.1, 0.15) is 29.0 Å². The molecule has 0 bridgehead atoms. The molecule has 0 fully saturated rings. The Morgan fingerprint density at radius 3 is 2.00 bits per heavy atom. The highest BCUT2D eigenvalue weighted by Gasteiger charge is 2.26. The van der Waals surface area contributed by atoms with Crippen molar-refractivity contribution in [2.24, 2.45) is 5.10 Å². The fraction of sp³-hybridized carbons (Fsp3) is 0.263. The number of carboxylic acid groups (broad SMARTS) is 1. The van der Waals surface area contributed by atoms with Crippen LogP contribution in [0.4, 0.5) is 17.1 Å². The molecule has 0 saturated heterocycles. The molecular formula is C19H20N4O10. The summed E-state index contributed by atoms with van der Waals surface area (Å²) in [6, 6.07) is 4.75. The number of nitro groups is 2. The van der Waals surface area contributed by atoms with Crippen LogP contribution in [-0.2, 0) is 4.79 Å². The lowest BCUT2D eigenvalue weighted by Gasteiger charge is -2.15. The Morgan fingerprint density at radius 1 is 0.970 bits per heavy atom. The predicted molar refractivity (Wildman–Crippen MR) is 115 cm³/mol. The predicted octanol–water partition coefficient (Wildman–Crippen LogP) is 2.83. The van der Waals surface area contributed by atoms with Gasteiger partial charge in [-0.05, 0) is 6.92 Å². The fourth-order valence-electron chi connectivity index (χ4n) is 2.76. The first-order valence-electron chi connectivity index (χ1n) is 9.05. The largest absolute Gasteiger partial charge is 0.496 e. The molecule has 0 unspecified atom stereocenters. The molecule has 2 rings (SSSR count). The summed E-state index contributed by atoms with van der Waals surface area (Å²) in [5, 5.41) is 35.6. The molecule has 0 aromatic heterocycles. The Bertz CT molecular complexity index is 1090. The lowest BCUT2D eigenvalue weighted by atomic mass is 10.1. The van der Waals surface area contributed by atoms with Crippen LogP contribution in [0.15, 0.2) is 29.4 Å². The maximum Gasteiger partial charge on any atom is 0.341 e. The van der Waals surface area contributed by atoms with Crippen LogP contribution < -0.4 is 24.4 Å². The van der Waals surface area contributed by atoms with Crippen molar-refractivity contribution in [3.8, 4) is 23.0 Å². The van der Waals surface area contributed by atoms with Gasteiger partial charge in [-0.15, -0.1) is 0 Å². The highest BCUT2D eigenvalue weighted by Crippen LogP contribution is 2.38. The summed E-state index contributed by atoms with van der Waals surface area (Å²) in [6.45, 7) is 0.680. The number of nitrogens with one attached hydrogen (secondary N) is 1. The van der Waals surface area contributed by atoms with E-state index in [1.54, 1.807) is 19.1 Å². The maximum atomic E-state index is 11.5. The van der Waals surface area contributed by atoms with Crippen LogP contribution in [0.1, 0.15) is 12.5 Å². The van der Waals surface area contributed by atoms with E-state index in [1.807, 2.05) is 0 Å². The fourth-order valence-corrected chi connectivity index (χ4v) is 2.76. The van der Waals surface area contributed by atoms with Gasteiger partial charge in [0, 0.05) is 18.2 Å². The molecule has 0 amide bonds. The second kappa shape index (κ2) is 10.6. The second-order valence-corrected chi connectivity index (χ2v) is 6.25. The van der Waals surface area contributed by atoms with Crippen LogP contribution in [0.25, 0.3) is 0 Å². The van der Waals surface area contributed by atoms with Crippen LogP contribution >= 0.6 is 0 Å². The van der Waals surface area contributed by atoms with Crippen LogP contribution in [0.5, 0.6) is 23.0 Å². The SMILES string of the molecule is COc1cc(OC)c(/C(C)=N\Nc2cc(OCC(=O)O)c([N+](=O)[O-])cc2[N+](=O)[O-])c(OC)c1. The Labute approximate surface area is 186 Å². The molecule has 0 aliphatic heterocycles. The molecule has 0 radical (unpaired) electrons. The van der Waals surface area contributed by atoms with Gasteiger partial charge in [0.15, 0.2) is 12.4 Å². The van der Waals surface area contributed by atoms with Crippen LogP contribution in [0, 0.1) is 20.2 Å². The van der Waals surface area contributed by atoms with Crippen molar-refractivity contribution in [2.45, 2.75) is 6.92 Å². The Kier molecular flexibility index (Phi) is 7.92. The van der Waals surface area contributed by atoms with Gasteiger partial charge in [-0.2, -0.15) is 5.10 Å². The van der Waals surface area contributed by atoms with E-state index in [9.17, 15) is 25.0 Å². The summed E-state index contributed by atoms with van der Waals surface area (Å²) >= 11 is 0. The van der Waals surface area contributed by atoms with E-state index in [2.05, 4.69) is 10.5 Å². The number of hydrogen-bond donors (Lipinski definition) is 2. The molecule has 33 heavy (non-hydrogen) atoms. The number of methoxy groups -OCH3 is 3. The number of carboxylic acids is 1. The number of hydrazone groups is 1. The highest BCUT2D eigenvalue weighted by atomic mass is 16.6. The second-order valence-electron chi connectivity index (χ2n) is 6.25. The number of rotatable bonds is 11. The topological polar surface area (TPSA) is 185 Å². The van der Waals surface area contributed by atoms with E-state index in [0.29, 0.717) is 28.9 Å². The average Bonchev–Trinajstić information content (AvgIpc) is 2.79. The first-order valence-corrected chi connectivity index (χ1v) is 9.05. The molecule has 0 atom stereocenters. The van der Waals surface area contributed by atoms with E-state index >= 15 is 0 Å². The van der Waals surface area contributed by atoms with Gasteiger partial charge in [0.2, 0.25) is 0 Å². The van der Waals surface area contributed by atoms with Gasteiger partial charge >= 0.3 is 17.3 Å². The minimum atomic E-state index is -1.38. The van der Waals surface area contributed by atoms with E-state index in [0.717, 1.165) is 6.07 Å². The zero-order valence-electron chi connectivity index (χ0n) is 18.0. The number of nitrogens with zero attached hydrogens (tertiary/aromatic N) is 3. The third-order valence-corrected chi connectivity index (χ3v) is 4.24. The van der Waals surface area contributed by atoms with Crippen LogP contribution in [0.2, 0.25) is 0 Å². The number of nitro benzene ring substituents is 2. The molecule has 2 aromatic rings.